The molecule has 2 aromatic carbocycles. The second-order valence-electron chi connectivity index (χ2n) is 9.75. The zero-order chi connectivity index (χ0) is 32.5. The SMILES string of the molecule is Cc1c(CC(=O)OC(=N)CC(C(=O)OC(=O)Cc2c(C)c3ccc(N)cc3oc2=O)S(=O)(=O)O)c(=O)oc2cc(N)ccc12. The van der Waals surface area contributed by atoms with Crippen molar-refractivity contribution in [3.8, 4) is 0 Å². The second-order valence-corrected chi connectivity index (χ2v) is 11.3. The van der Waals surface area contributed by atoms with Gasteiger partial charge in [-0.15, -0.1) is 0 Å². The molecule has 4 rings (SSSR count). The third kappa shape index (κ3) is 6.82. The van der Waals surface area contributed by atoms with Crippen LogP contribution < -0.4 is 22.7 Å². The van der Waals surface area contributed by atoms with Crippen LogP contribution in [0.15, 0.2) is 54.8 Å². The molecule has 0 saturated heterocycles. The van der Waals surface area contributed by atoms with Gasteiger partial charge in [0.1, 0.15) is 11.2 Å². The Kier molecular flexibility index (Phi) is 8.69. The van der Waals surface area contributed by atoms with Crippen molar-refractivity contribution in [1.82, 2.24) is 0 Å². The number of anilines is 2. The fraction of sp³-hybridized carbons (Fsp3) is 0.214. The van der Waals surface area contributed by atoms with Gasteiger partial charge in [-0.05, 0) is 49.2 Å². The number of nitrogens with one attached hydrogen (secondary N) is 1. The molecule has 2 aromatic heterocycles. The molecule has 0 fully saturated rings. The van der Waals surface area contributed by atoms with Gasteiger partial charge in [0.25, 0.3) is 10.1 Å². The summed E-state index contributed by atoms with van der Waals surface area (Å²) in [4.78, 5) is 62.4. The highest BCUT2D eigenvalue weighted by atomic mass is 32.2. The monoisotopic (exact) mass is 627 g/mol. The molecule has 2 heterocycles. The third-order valence-corrected chi connectivity index (χ3v) is 7.79. The van der Waals surface area contributed by atoms with Crippen LogP contribution in [0.5, 0.6) is 0 Å². The average molecular weight is 628 g/mol. The number of nitrogen functional groups attached to an aromatic ring is 2. The van der Waals surface area contributed by atoms with Crippen LogP contribution in [0.4, 0.5) is 11.4 Å². The third-order valence-electron chi connectivity index (χ3n) is 6.71. The highest BCUT2D eigenvalue weighted by Crippen LogP contribution is 2.23. The van der Waals surface area contributed by atoms with E-state index < -0.39 is 69.7 Å². The molecule has 16 heteroatoms. The van der Waals surface area contributed by atoms with Crippen LogP contribution in [0.2, 0.25) is 0 Å². The van der Waals surface area contributed by atoms with E-state index in [4.69, 9.17) is 30.4 Å². The van der Waals surface area contributed by atoms with Crippen LogP contribution in [0.25, 0.3) is 21.9 Å². The van der Waals surface area contributed by atoms with Crippen LogP contribution in [0, 0.1) is 19.3 Å². The number of carbonyl (C=O) groups is 3. The summed E-state index contributed by atoms with van der Waals surface area (Å²) < 4.78 is 53.1. The number of carbonyl (C=O) groups excluding carboxylic acids is 3. The van der Waals surface area contributed by atoms with E-state index in [-0.39, 0.29) is 22.3 Å². The smallest absolute Gasteiger partial charge is 0.340 e. The fourth-order valence-electron chi connectivity index (χ4n) is 4.43. The normalized spacial score (nSPS) is 12.2. The number of rotatable bonds is 8. The van der Waals surface area contributed by atoms with Crippen LogP contribution in [0.1, 0.15) is 28.7 Å². The lowest BCUT2D eigenvalue weighted by Crippen LogP contribution is -2.36. The minimum atomic E-state index is -5.29. The number of benzene rings is 2. The second kappa shape index (κ2) is 12.1. The molecule has 0 aliphatic heterocycles. The Labute approximate surface area is 247 Å². The van der Waals surface area contributed by atoms with Gasteiger partial charge in [-0.2, -0.15) is 8.42 Å². The van der Waals surface area contributed by atoms with Crippen molar-refractivity contribution in [2.45, 2.75) is 38.4 Å². The fourth-order valence-corrected chi connectivity index (χ4v) is 5.08. The molecule has 0 saturated carbocycles. The molecule has 230 valence electrons. The zero-order valence-electron chi connectivity index (χ0n) is 23.2. The lowest BCUT2D eigenvalue weighted by Gasteiger charge is -2.14. The van der Waals surface area contributed by atoms with E-state index in [1.54, 1.807) is 25.1 Å². The van der Waals surface area contributed by atoms with E-state index in [2.05, 4.69) is 4.74 Å². The Bertz CT molecular complexity index is 2100. The molecule has 15 nitrogen and oxygen atoms in total. The van der Waals surface area contributed by atoms with Crippen molar-refractivity contribution < 1.29 is 45.7 Å². The Morgan fingerprint density at radius 3 is 1.70 bits per heavy atom. The maximum Gasteiger partial charge on any atom is 0.340 e. The molecule has 0 aliphatic rings. The van der Waals surface area contributed by atoms with Crippen molar-refractivity contribution in [3.05, 3.63) is 79.5 Å². The summed E-state index contributed by atoms with van der Waals surface area (Å²) in [7, 11) is -5.29. The van der Waals surface area contributed by atoms with Gasteiger partial charge in [0.2, 0.25) is 0 Å². The summed E-state index contributed by atoms with van der Waals surface area (Å²) in [5.74, 6) is -5.43. The average Bonchev–Trinajstić information content (AvgIpc) is 2.91. The number of hydrogen-bond donors (Lipinski definition) is 4. The van der Waals surface area contributed by atoms with Crippen LogP contribution in [-0.4, -0.2) is 42.0 Å². The van der Waals surface area contributed by atoms with Gasteiger partial charge in [0.05, 0.1) is 30.4 Å². The molecule has 0 radical (unpaired) electrons. The zero-order valence-corrected chi connectivity index (χ0v) is 24.0. The van der Waals surface area contributed by atoms with Crippen molar-refractivity contribution in [3.63, 3.8) is 0 Å². The molecule has 0 spiro atoms. The molecular formula is C28H25N3O12S. The predicted octanol–water partition coefficient (Wildman–Crippen LogP) is 1.70. The molecule has 4 aromatic rings. The van der Waals surface area contributed by atoms with Crippen LogP contribution >= 0.6 is 0 Å². The Morgan fingerprint density at radius 1 is 0.841 bits per heavy atom. The Balaban J connectivity index is 1.44. The summed E-state index contributed by atoms with van der Waals surface area (Å²) in [5.41, 5.74) is 11.0. The number of nitrogens with two attached hydrogens (primary N) is 2. The number of ether oxygens (including phenoxy) is 2. The summed E-state index contributed by atoms with van der Waals surface area (Å²) in [6, 6.07) is 9.05. The highest BCUT2D eigenvalue weighted by Gasteiger charge is 2.36. The van der Waals surface area contributed by atoms with E-state index in [0.29, 0.717) is 33.3 Å². The van der Waals surface area contributed by atoms with Gasteiger partial charge in [0.15, 0.2) is 11.1 Å². The standard InChI is InChI=1S/C28H25N3O12S/c1-12-16-5-3-14(29)7-20(16)40-26(34)18(12)9-24(32)42-23(31)11-22(44(37,38)39)28(36)43-25(33)10-19-13(2)17-6-4-15(30)8-21(17)41-27(19)35/h3-8,22,31H,9-11,29-30H2,1-2H3,(H,37,38,39). The minimum Gasteiger partial charge on any atom is -0.422 e. The van der Waals surface area contributed by atoms with Gasteiger partial charge >= 0.3 is 29.2 Å². The Morgan fingerprint density at radius 2 is 1.27 bits per heavy atom. The summed E-state index contributed by atoms with van der Waals surface area (Å²) >= 11 is 0. The molecule has 0 bridgehead atoms. The summed E-state index contributed by atoms with van der Waals surface area (Å²) in [6.07, 6.45) is -2.69. The van der Waals surface area contributed by atoms with Crippen molar-refractivity contribution in [2.75, 3.05) is 11.5 Å². The minimum absolute atomic E-state index is 0.103. The van der Waals surface area contributed by atoms with Crippen molar-refractivity contribution in [1.29, 1.82) is 5.41 Å². The van der Waals surface area contributed by atoms with E-state index >= 15 is 0 Å². The van der Waals surface area contributed by atoms with Crippen molar-refractivity contribution in [2.24, 2.45) is 0 Å². The van der Waals surface area contributed by atoms with Gasteiger partial charge in [-0.1, -0.05) is 0 Å². The van der Waals surface area contributed by atoms with Crippen LogP contribution in [-0.2, 0) is 46.8 Å². The van der Waals surface area contributed by atoms with Gasteiger partial charge in [-0.25, -0.2) is 9.59 Å². The molecular weight excluding hydrogens is 602 g/mol. The maximum absolute atomic E-state index is 12.6. The van der Waals surface area contributed by atoms with E-state index in [1.807, 2.05) is 0 Å². The lowest BCUT2D eigenvalue weighted by atomic mass is 10.0. The summed E-state index contributed by atoms with van der Waals surface area (Å²) in [6.45, 7) is 3.06. The molecule has 0 aliphatic carbocycles. The first-order valence-corrected chi connectivity index (χ1v) is 14.2. The lowest BCUT2D eigenvalue weighted by molar-refractivity contribution is -0.159. The number of esters is 3. The van der Waals surface area contributed by atoms with E-state index in [1.165, 1.54) is 25.1 Å². The molecule has 6 N–H and O–H groups in total. The van der Waals surface area contributed by atoms with Crippen LogP contribution in [0.3, 0.4) is 0 Å². The van der Waals surface area contributed by atoms with Gasteiger partial charge in [-0.3, -0.25) is 24.3 Å². The number of aryl methyl sites for hydroxylation is 2. The van der Waals surface area contributed by atoms with E-state index in [9.17, 15) is 36.9 Å². The Hall–Kier alpha value is -5.35. The quantitative estimate of drug-likeness (QED) is 0.0412. The van der Waals surface area contributed by atoms with E-state index in [0.717, 1.165) is 0 Å². The first-order chi connectivity index (χ1) is 20.5. The van der Waals surface area contributed by atoms with Gasteiger partial charge < -0.3 is 29.8 Å². The molecule has 1 atom stereocenters. The first-order valence-electron chi connectivity index (χ1n) is 12.7. The summed E-state index contributed by atoms with van der Waals surface area (Å²) in [5, 5.41) is 6.26. The first kappa shape index (κ1) is 31.6. The predicted molar refractivity (Wildman–Crippen MR) is 156 cm³/mol. The topological polar surface area (TPSA) is 260 Å². The van der Waals surface area contributed by atoms with Crippen molar-refractivity contribution >= 4 is 67.2 Å². The maximum atomic E-state index is 12.6. The largest absolute Gasteiger partial charge is 0.422 e. The molecule has 0 amide bonds. The molecule has 44 heavy (non-hydrogen) atoms. The highest BCUT2D eigenvalue weighted by molar-refractivity contribution is 7.87. The number of hydrogen-bond acceptors (Lipinski definition) is 14. The molecule has 1 unspecified atom stereocenters. The van der Waals surface area contributed by atoms with Gasteiger partial charge in [0, 0.05) is 34.3 Å². The number of fused-ring (bicyclic) bond motifs is 2.